The fourth-order valence-electron chi connectivity index (χ4n) is 2.44. The molecule has 0 aromatic carbocycles. The summed E-state index contributed by atoms with van der Waals surface area (Å²) in [5.41, 5.74) is 2.11. The topological polar surface area (TPSA) is 37.3 Å². The first-order chi connectivity index (χ1) is 10.3. The van der Waals surface area contributed by atoms with E-state index in [2.05, 4.69) is 33.8 Å². The molecule has 0 aliphatic rings. The fraction of sp³-hybridized carbons (Fsp3) is 0.650. The summed E-state index contributed by atoms with van der Waals surface area (Å²) in [6.07, 6.45) is 14.8. The van der Waals surface area contributed by atoms with Gasteiger partial charge < -0.3 is 5.11 Å². The Labute approximate surface area is 137 Å². The predicted molar refractivity (Wildman–Crippen MR) is 96.0 cm³/mol. The van der Waals surface area contributed by atoms with Gasteiger partial charge in [0, 0.05) is 6.08 Å². The molecule has 0 bridgehead atoms. The van der Waals surface area contributed by atoms with E-state index in [1.807, 2.05) is 12.2 Å². The van der Waals surface area contributed by atoms with Crippen LogP contribution >= 0.6 is 0 Å². The zero-order valence-corrected chi connectivity index (χ0v) is 15.1. The third kappa shape index (κ3) is 13.7. The lowest BCUT2D eigenvalue weighted by Crippen LogP contribution is -1.97. The lowest BCUT2D eigenvalue weighted by atomic mass is 9.94. The molecule has 0 rings (SSSR count). The van der Waals surface area contributed by atoms with Gasteiger partial charge in [0.1, 0.15) is 0 Å². The van der Waals surface area contributed by atoms with E-state index in [4.69, 9.17) is 5.11 Å². The molecule has 0 amide bonds. The minimum atomic E-state index is -0.894. The first kappa shape index (κ1) is 20.7. The summed E-state index contributed by atoms with van der Waals surface area (Å²) in [7, 11) is 0. The number of rotatable bonds is 11. The Kier molecular flexibility index (Phi) is 11.5. The van der Waals surface area contributed by atoms with Crippen molar-refractivity contribution in [3.63, 3.8) is 0 Å². The predicted octanol–water partition coefficient (Wildman–Crippen LogP) is 6.15. The lowest BCUT2D eigenvalue weighted by Gasteiger charge is -2.12. The monoisotopic (exact) mass is 306 g/mol. The van der Waals surface area contributed by atoms with Gasteiger partial charge in [-0.25, -0.2) is 4.79 Å². The highest BCUT2D eigenvalue weighted by atomic mass is 16.4. The van der Waals surface area contributed by atoms with E-state index in [0.717, 1.165) is 23.8 Å². The second-order valence-electron chi connectivity index (χ2n) is 6.92. The van der Waals surface area contributed by atoms with E-state index in [-0.39, 0.29) is 0 Å². The average molecular weight is 306 g/mol. The molecule has 0 aromatic rings. The van der Waals surface area contributed by atoms with Gasteiger partial charge in [-0.15, -0.1) is 0 Å². The summed E-state index contributed by atoms with van der Waals surface area (Å²) >= 11 is 0. The van der Waals surface area contributed by atoms with Gasteiger partial charge in [-0.1, -0.05) is 70.3 Å². The van der Waals surface area contributed by atoms with Crippen molar-refractivity contribution in [1.82, 2.24) is 0 Å². The van der Waals surface area contributed by atoms with Crippen molar-refractivity contribution in [1.29, 1.82) is 0 Å². The van der Waals surface area contributed by atoms with Gasteiger partial charge >= 0.3 is 5.97 Å². The summed E-state index contributed by atoms with van der Waals surface area (Å²) in [4.78, 5) is 10.5. The van der Waals surface area contributed by atoms with Crippen LogP contribution in [0, 0.1) is 11.8 Å². The van der Waals surface area contributed by atoms with Crippen molar-refractivity contribution >= 4 is 5.97 Å². The summed E-state index contributed by atoms with van der Waals surface area (Å²) in [5, 5.41) is 8.63. The van der Waals surface area contributed by atoms with Crippen LogP contribution < -0.4 is 0 Å². The van der Waals surface area contributed by atoms with Crippen molar-refractivity contribution in [2.45, 2.75) is 73.1 Å². The minimum Gasteiger partial charge on any atom is -0.478 e. The van der Waals surface area contributed by atoms with Crippen LogP contribution in [0.2, 0.25) is 0 Å². The van der Waals surface area contributed by atoms with E-state index >= 15 is 0 Å². The van der Waals surface area contributed by atoms with E-state index in [1.54, 1.807) is 6.92 Å². The molecule has 2 heteroatoms. The van der Waals surface area contributed by atoms with E-state index in [1.165, 1.54) is 43.8 Å². The van der Waals surface area contributed by atoms with E-state index in [0.29, 0.717) is 0 Å². The third-order valence-electron chi connectivity index (χ3n) is 3.84. The van der Waals surface area contributed by atoms with Crippen LogP contribution in [-0.4, -0.2) is 11.1 Å². The first-order valence-corrected chi connectivity index (χ1v) is 8.56. The molecular weight excluding hydrogens is 272 g/mol. The Morgan fingerprint density at radius 3 is 2.27 bits per heavy atom. The second kappa shape index (κ2) is 12.3. The van der Waals surface area contributed by atoms with Gasteiger partial charge in [0.25, 0.3) is 0 Å². The van der Waals surface area contributed by atoms with Crippen LogP contribution in [0.3, 0.4) is 0 Å². The molecule has 126 valence electrons. The molecule has 1 atom stereocenters. The molecular formula is C20H34O2. The van der Waals surface area contributed by atoms with Gasteiger partial charge in [-0.05, 0) is 44.1 Å². The van der Waals surface area contributed by atoms with Crippen LogP contribution in [0.1, 0.15) is 73.1 Å². The molecule has 22 heavy (non-hydrogen) atoms. The Morgan fingerprint density at radius 1 is 1.05 bits per heavy atom. The third-order valence-corrected chi connectivity index (χ3v) is 3.84. The Hall–Kier alpha value is -1.31. The highest BCUT2D eigenvalue weighted by molar-refractivity contribution is 5.81. The van der Waals surface area contributed by atoms with Crippen molar-refractivity contribution in [2.24, 2.45) is 11.8 Å². The minimum absolute atomic E-state index is 0.760. The van der Waals surface area contributed by atoms with Gasteiger partial charge in [-0.3, -0.25) is 0 Å². The molecule has 0 saturated carbocycles. The van der Waals surface area contributed by atoms with Crippen LogP contribution in [0.5, 0.6) is 0 Å². The number of carbonyl (C=O) groups is 1. The van der Waals surface area contributed by atoms with Crippen LogP contribution in [0.15, 0.2) is 35.5 Å². The summed E-state index contributed by atoms with van der Waals surface area (Å²) in [6, 6.07) is 0. The average Bonchev–Trinajstić information content (AvgIpc) is 2.37. The molecule has 2 nitrogen and oxygen atoms in total. The van der Waals surface area contributed by atoms with Gasteiger partial charge in [-0.2, -0.15) is 0 Å². The molecule has 0 aliphatic heterocycles. The number of hydrogen-bond donors (Lipinski definition) is 1. The van der Waals surface area contributed by atoms with Crippen molar-refractivity contribution in [3.05, 3.63) is 35.5 Å². The molecule has 0 fully saturated rings. The number of aliphatic carboxylic acids is 1. The molecule has 0 radical (unpaired) electrons. The Balaban J connectivity index is 3.93. The van der Waals surface area contributed by atoms with Crippen molar-refractivity contribution < 1.29 is 9.90 Å². The highest BCUT2D eigenvalue weighted by Crippen LogP contribution is 2.19. The molecule has 0 heterocycles. The standard InChI is InChI=1S/C20H34O2/c1-16(2)9-6-10-17(3)11-7-12-18(4)13-8-14-19(5)15-20(21)22/h8,13-17H,6-7,9-12H2,1-5H3,(H,21,22)/b14-8+,18-13+,19-15+. The lowest BCUT2D eigenvalue weighted by molar-refractivity contribution is -0.131. The van der Waals surface area contributed by atoms with Crippen molar-refractivity contribution in [3.8, 4) is 0 Å². The smallest absolute Gasteiger partial charge is 0.328 e. The fourth-order valence-corrected chi connectivity index (χ4v) is 2.44. The van der Waals surface area contributed by atoms with Crippen LogP contribution in [-0.2, 0) is 4.79 Å². The number of carboxylic acids is 1. The molecule has 0 spiro atoms. The van der Waals surface area contributed by atoms with Gasteiger partial charge in [0.2, 0.25) is 0 Å². The SMILES string of the molecule is CC(/C=C/C=C(\C)CCCC(C)CCCC(C)C)=C\C(=O)O. The maximum atomic E-state index is 10.5. The Morgan fingerprint density at radius 2 is 1.68 bits per heavy atom. The largest absolute Gasteiger partial charge is 0.478 e. The van der Waals surface area contributed by atoms with Crippen molar-refractivity contribution in [2.75, 3.05) is 0 Å². The van der Waals surface area contributed by atoms with Gasteiger partial charge in [0.05, 0.1) is 0 Å². The number of allylic oxidation sites excluding steroid dienone is 5. The number of hydrogen-bond acceptors (Lipinski definition) is 1. The maximum Gasteiger partial charge on any atom is 0.328 e. The van der Waals surface area contributed by atoms with Crippen LogP contribution in [0.25, 0.3) is 0 Å². The molecule has 0 aliphatic carbocycles. The second-order valence-corrected chi connectivity index (χ2v) is 6.92. The summed E-state index contributed by atoms with van der Waals surface area (Å²) in [5.74, 6) is 0.750. The zero-order chi connectivity index (χ0) is 17.0. The first-order valence-electron chi connectivity index (χ1n) is 8.56. The highest BCUT2D eigenvalue weighted by Gasteiger charge is 2.03. The summed E-state index contributed by atoms with van der Waals surface area (Å²) < 4.78 is 0. The Bertz CT molecular complexity index is 400. The van der Waals surface area contributed by atoms with E-state index in [9.17, 15) is 4.79 Å². The molecule has 1 unspecified atom stereocenters. The van der Waals surface area contributed by atoms with E-state index < -0.39 is 5.97 Å². The zero-order valence-electron chi connectivity index (χ0n) is 15.1. The maximum absolute atomic E-state index is 10.5. The normalized spacial score (nSPS) is 14.8. The number of carboxylic acid groups (broad SMARTS) is 1. The van der Waals surface area contributed by atoms with Gasteiger partial charge in [0.15, 0.2) is 0 Å². The van der Waals surface area contributed by atoms with Crippen LogP contribution in [0.4, 0.5) is 0 Å². The molecule has 0 aromatic heterocycles. The summed E-state index contributed by atoms with van der Waals surface area (Å²) in [6.45, 7) is 10.9. The molecule has 0 saturated heterocycles. The molecule has 1 N–H and O–H groups in total. The quantitative estimate of drug-likeness (QED) is 0.367.